The van der Waals surface area contributed by atoms with Crippen LogP contribution in [0, 0.1) is 6.92 Å². The van der Waals surface area contributed by atoms with Crippen molar-refractivity contribution in [1.29, 1.82) is 0 Å². The van der Waals surface area contributed by atoms with E-state index in [4.69, 9.17) is 14.7 Å². The number of benzene rings is 1. The van der Waals surface area contributed by atoms with E-state index in [1.54, 1.807) is 27.1 Å². The fourth-order valence-corrected chi connectivity index (χ4v) is 7.64. The Balaban J connectivity index is 1.39. The minimum absolute atomic E-state index is 0.00663. The van der Waals surface area contributed by atoms with E-state index in [1.807, 2.05) is 11.4 Å². The van der Waals surface area contributed by atoms with Crippen molar-refractivity contribution in [3.05, 3.63) is 40.4 Å². The number of sulfone groups is 1. The van der Waals surface area contributed by atoms with Crippen LogP contribution in [0.25, 0.3) is 10.2 Å². The summed E-state index contributed by atoms with van der Waals surface area (Å²) in [5, 5.41) is 15.8. The van der Waals surface area contributed by atoms with Gasteiger partial charge in [-0.1, -0.05) is 0 Å². The summed E-state index contributed by atoms with van der Waals surface area (Å²) in [5.41, 5.74) is 5.96. The van der Waals surface area contributed by atoms with Gasteiger partial charge >= 0.3 is 0 Å². The van der Waals surface area contributed by atoms with Gasteiger partial charge in [-0.2, -0.15) is 10.1 Å². The minimum Gasteiger partial charge on any atom is -0.488 e. The lowest BCUT2D eigenvalue weighted by atomic mass is 9.83. The van der Waals surface area contributed by atoms with Crippen LogP contribution in [0.15, 0.2) is 28.7 Å². The van der Waals surface area contributed by atoms with Crippen molar-refractivity contribution in [2.75, 3.05) is 23.7 Å². The number of hydrogen-bond acceptors (Lipinski definition) is 10. The van der Waals surface area contributed by atoms with Crippen molar-refractivity contribution in [1.82, 2.24) is 25.1 Å². The van der Waals surface area contributed by atoms with Crippen LogP contribution < -0.4 is 20.7 Å². The van der Waals surface area contributed by atoms with E-state index in [0.717, 1.165) is 54.0 Å². The van der Waals surface area contributed by atoms with Gasteiger partial charge in [0.1, 0.15) is 11.9 Å². The average molecular weight is 582 g/mol. The largest absolute Gasteiger partial charge is 0.488 e. The number of anilines is 4. The number of nitrogens with one attached hydrogen (secondary N) is 3. The lowest BCUT2D eigenvalue weighted by Gasteiger charge is -2.27. The number of hydrogen-bond donors (Lipinski definition) is 3. The number of rotatable bonds is 7. The third-order valence-corrected chi connectivity index (χ3v) is 10.7. The highest BCUT2D eigenvalue weighted by atomic mass is 32.2. The molecule has 3 aromatic heterocycles. The molecular formula is C28H35N7O3S2. The molecule has 6 rings (SSSR count). The monoisotopic (exact) mass is 581 g/mol. The number of fused-ring (bicyclic) bond motifs is 2. The molecule has 0 unspecified atom stereocenters. The van der Waals surface area contributed by atoms with E-state index in [0.29, 0.717) is 23.4 Å². The van der Waals surface area contributed by atoms with Gasteiger partial charge in [0, 0.05) is 25.2 Å². The summed E-state index contributed by atoms with van der Waals surface area (Å²) in [6.45, 7) is 9.67. The van der Waals surface area contributed by atoms with Crippen molar-refractivity contribution in [3.8, 4) is 5.75 Å². The Morgan fingerprint density at radius 2 is 1.95 bits per heavy atom. The predicted octanol–water partition coefficient (Wildman–Crippen LogP) is 5.19. The number of ether oxygens (including phenoxy) is 1. The van der Waals surface area contributed by atoms with Crippen LogP contribution in [0.3, 0.4) is 0 Å². The second-order valence-electron chi connectivity index (χ2n) is 11.0. The quantitative estimate of drug-likeness (QED) is 0.270. The maximum atomic E-state index is 13.0. The van der Waals surface area contributed by atoms with Crippen LogP contribution in [-0.4, -0.2) is 52.6 Å². The molecule has 212 valence electrons. The molecule has 0 bridgehead atoms. The third-order valence-electron chi connectivity index (χ3n) is 7.68. The van der Waals surface area contributed by atoms with Crippen molar-refractivity contribution >= 4 is 54.5 Å². The van der Waals surface area contributed by atoms with Gasteiger partial charge in [0.2, 0.25) is 20.8 Å². The van der Waals surface area contributed by atoms with E-state index < -0.39 is 15.1 Å². The Labute approximate surface area is 238 Å². The smallest absolute Gasteiger partial charge is 0.229 e. The predicted molar refractivity (Wildman–Crippen MR) is 159 cm³/mol. The Morgan fingerprint density at radius 1 is 1.18 bits per heavy atom. The van der Waals surface area contributed by atoms with Gasteiger partial charge in [-0.15, -0.1) is 11.3 Å². The molecule has 0 spiro atoms. The Morgan fingerprint density at radius 3 is 2.70 bits per heavy atom. The van der Waals surface area contributed by atoms with E-state index in [2.05, 4.69) is 41.0 Å². The van der Waals surface area contributed by atoms with Gasteiger partial charge in [0.25, 0.3) is 0 Å². The number of thiophene rings is 1. The summed E-state index contributed by atoms with van der Waals surface area (Å²) in [7, 11) is -1.90. The van der Waals surface area contributed by atoms with Crippen LogP contribution in [0.5, 0.6) is 5.75 Å². The summed E-state index contributed by atoms with van der Waals surface area (Å²) in [6, 6.07) is 4.08. The first kappa shape index (κ1) is 27.0. The van der Waals surface area contributed by atoms with E-state index in [-0.39, 0.29) is 11.1 Å². The highest BCUT2D eigenvalue weighted by Gasteiger charge is 2.31. The zero-order valence-electron chi connectivity index (χ0n) is 23.4. The number of aromatic nitrogens is 4. The molecule has 5 heterocycles. The van der Waals surface area contributed by atoms with Crippen LogP contribution in [-0.2, 0) is 23.3 Å². The second-order valence-corrected chi connectivity index (χ2v) is 14.4. The normalized spacial score (nSPS) is 17.8. The first-order valence-corrected chi connectivity index (χ1v) is 16.1. The Kier molecular flexibility index (Phi) is 6.96. The minimum atomic E-state index is -3.61. The van der Waals surface area contributed by atoms with Gasteiger partial charge in [-0.25, -0.2) is 13.4 Å². The fraction of sp³-hybridized carbons (Fsp3) is 0.464. The second kappa shape index (κ2) is 10.3. The van der Waals surface area contributed by atoms with Crippen molar-refractivity contribution in [3.63, 3.8) is 0 Å². The zero-order valence-corrected chi connectivity index (χ0v) is 25.0. The topological polar surface area (TPSA) is 123 Å². The third kappa shape index (κ3) is 4.82. The molecule has 40 heavy (non-hydrogen) atoms. The van der Waals surface area contributed by atoms with Crippen LogP contribution in [0.2, 0.25) is 0 Å². The van der Waals surface area contributed by atoms with Crippen LogP contribution in [0.4, 0.5) is 23.1 Å². The molecule has 0 aliphatic carbocycles. The maximum absolute atomic E-state index is 13.0. The Hall–Kier alpha value is -3.22. The summed E-state index contributed by atoms with van der Waals surface area (Å²) >= 11 is 1.49. The SMILES string of the molecule is Cc1cc(Nc2nc(Nc3cn(C)nc3S(=O)(=O)C(C)C)c3sccc3n2)c2c(c1C1CCNCC1)C[C@@H](C)O2. The summed E-state index contributed by atoms with van der Waals surface area (Å²) in [4.78, 5) is 9.58. The molecule has 1 fully saturated rings. The molecule has 0 saturated carbocycles. The van der Waals surface area contributed by atoms with Crippen molar-refractivity contribution in [2.24, 2.45) is 7.05 Å². The summed E-state index contributed by atoms with van der Waals surface area (Å²) < 4.78 is 34.7. The van der Waals surface area contributed by atoms with Gasteiger partial charge in [-0.05, 0) is 88.2 Å². The molecule has 12 heteroatoms. The fourth-order valence-electron chi connectivity index (χ4n) is 5.76. The first-order valence-electron chi connectivity index (χ1n) is 13.7. The first-order chi connectivity index (χ1) is 19.1. The Bertz CT molecular complexity index is 1690. The molecule has 3 N–H and O–H groups in total. The molecule has 10 nitrogen and oxygen atoms in total. The molecule has 0 radical (unpaired) electrons. The average Bonchev–Trinajstić information content (AvgIpc) is 3.63. The van der Waals surface area contributed by atoms with Crippen molar-refractivity contribution in [2.45, 2.75) is 69.3 Å². The van der Waals surface area contributed by atoms with Gasteiger partial charge in [0.05, 0.1) is 26.8 Å². The molecule has 0 amide bonds. The highest BCUT2D eigenvalue weighted by Crippen LogP contribution is 2.45. The highest BCUT2D eigenvalue weighted by molar-refractivity contribution is 7.92. The molecule has 2 aliphatic rings. The number of nitrogens with zero attached hydrogens (tertiary/aromatic N) is 4. The van der Waals surface area contributed by atoms with E-state index in [1.165, 1.54) is 32.7 Å². The van der Waals surface area contributed by atoms with Gasteiger partial charge in [-0.3, -0.25) is 4.68 Å². The van der Waals surface area contributed by atoms with E-state index >= 15 is 0 Å². The number of aryl methyl sites for hydroxylation is 2. The lowest BCUT2D eigenvalue weighted by molar-refractivity contribution is 0.256. The van der Waals surface area contributed by atoms with Gasteiger partial charge in [0.15, 0.2) is 5.82 Å². The summed E-state index contributed by atoms with van der Waals surface area (Å²) in [6.07, 6.45) is 4.90. The molecule has 1 aromatic carbocycles. The summed E-state index contributed by atoms with van der Waals surface area (Å²) in [5.74, 6) is 2.34. The lowest BCUT2D eigenvalue weighted by Crippen LogP contribution is -2.27. The van der Waals surface area contributed by atoms with Crippen LogP contribution >= 0.6 is 11.3 Å². The molecular weight excluding hydrogens is 546 g/mol. The van der Waals surface area contributed by atoms with Gasteiger partial charge < -0.3 is 20.7 Å². The molecule has 1 saturated heterocycles. The maximum Gasteiger partial charge on any atom is 0.229 e. The van der Waals surface area contributed by atoms with Crippen LogP contribution in [0.1, 0.15) is 56.2 Å². The standard InChI is InChI=1S/C28H35N7O3S2/c1-15(2)40(36,37)27-22(14-35(5)34-27)30-26-25-20(8-11-39-25)31-28(33-26)32-21-12-16(3)23(18-6-9-29-10-7-18)19-13-17(4)38-24(19)21/h8,11-12,14-15,17-18,29H,6-7,9-10,13H2,1-5H3,(H2,30,31,32,33)/t17-/m1/s1. The molecule has 2 aliphatic heterocycles. The molecule has 1 atom stereocenters. The van der Waals surface area contributed by atoms with Crippen molar-refractivity contribution < 1.29 is 13.2 Å². The molecule has 4 aromatic rings. The number of piperidine rings is 1. The van der Waals surface area contributed by atoms with E-state index in [9.17, 15) is 8.42 Å². The zero-order chi connectivity index (χ0) is 28.2.